The summed E-state index contributed by atoms with van der Waals surface area (Å²) in [6, 6.07) is 10.8. The van der Waals surface area contributed by atoms with Gasteiger partial charge in [-0.1, -0.05) is 37.3 Å². The molecule has 4 nitrogen and oxygen atoms in total. The summed E-state index contributed by atoms with van der Waals surface area (Å²) in [6.45, 7) is 2.05. The molecule has 0 aliphatic carbocycles. The van der Waals surface area contributed by atoms with Gasteiger partial charge in [-0.3, -0.25) is 9.48 Å². The van der Waals surface area contributed by atoms with Crippen LogP contribution in [0.15, 0.2) is 36.4 Å². The van der Waals surface area contributed by atoms with Crippen molar-refractivity contribution >= 4 is 5.78 Å². The number of aromatic nitrogens is 2. The average Bonchev–Trinajstić information content (AvgIpc) is 2.79. The summed E-state index contributed by atoms with van der Waals surface area (Å²) in [6.07, 6.45) is 1.19. The summed E-state index contributed by atoms with van der Waals surface area (Å²) in [4.78, 5) is 12.2. The molecule has 1 atom stereocenters. The summed E-state index contributed by atoms with van der Waals surface area (Å²) in [5.41, 5.74) is 8.76. The van der Waals surface area contributed by atoms with Gasteiger partial charge in [0.2, 0.25) is 0 Å². The second-order valence-corrected chi connectivity index (χ2v) is 4.64. The Bertz CT molecular complexity index is 560. The fourth-order valence-electron chi connectivity index (χ4n) is 2.04. The predicted octanol–water partition coefficient (Wildman–Crippen LogP) is 1.79. The largest absolute Gasteiger partial charge is 0.318 e. The van der Waals surface area contributed by atoms with Gasteiger partial charge in [0.15, 0.2) is 5.78 Å². The summed E-state index contributed by atoms with van der Waals surface area (Å²) >= 11 is 0. The van der Waals surface area contributed by atoms with Crippen molar-refractivity contribution < 1.29 is 4.79 Å². The first kappa shape index (κ1) is 13.5. The highest BCUT2D eigenvalue weighted by Gasteiger charge is 2.17. The lowest BCUT2D eigenvalue weighted by Gasteiger charge is -2.10. The van der Waals surface area contributed by atoms with Gasteiger partial charge < -0.3 is 5.73 Å². The third kappa shape index (κ3) is 3.09. The Morgan fingerprint density at radius 1 is 1.37 bits per heavy atom. The minimum atomic E-state index is -0.568. The fraction of sp³-hybridized carbons (Fsp3) is 0.333. The van der Waals surface area contributed by atoms with Crippen LogP contribution in [0, 0.1) is 0 Å². The van der Waals surface area contributed by atoms with E-state index in [0.717, 1.165) is 23.4 Å². The van der Waals surface area contributed by atoms with Crippen LogP contribution < -0.4 is 5.73 Å². The molecule has 2 N–H and O–H groups in total. The molecular weight excluding hydrogens is 238 g/mol. The zero-order chi connectivity index (χ0) is 13.8. The molecule has 1 aromatic carbocycles. The van der Waals surface area contributed by atoms with E-state index in [4.69, 9.17) is 5.73 Å². The molecule has 19 heavy (non-hydrogen) atoms. The molecule has 4 heteroatoms. The second kappa shape index (κ2) is 5.80. The van der Waals surface area contributed by atoms with E-state index >= 15 is 0 Å². The maximum absolute atomic E-state index is 12.2. The quantitative estimate of drug-likeness (QED) is 0.888. The molecule has 1 heterocycles. The number of nitrogens with two attached hydrogens (primary N) is 1. The molecule has 100 valence electrons. The molecule has 1 unspecified atom stereocenters. The highest BCUT2D eigenvalue weighted by Crippen LogP contribution is 2.14. The van der Waals surface area contributed by atoms with Gasteiger partial charge in [0, 0.05) is 12.7 Å². The van der Waals surface area contributed by atoms with Crippen LogP contribution in [-0.4, -0.2) is 15.6 Å². The van der Waals surface area contributed by atoms with Gasteiger partial charge in [0.1, 0.15) is 0 Å². The monoisotopic (exact) mass is 257 g/mol. The lowest BCUT2D eigenvalue weighted by Crippen LogP contribution is -2.23. The van der Waals surface area contributed by atoms with Crippen LogP contribution in [0.5, 0.6) is 0 Å². The van der Waals surface area contributed by atoms with Crippen LogP contribution in [0.4, 0.5) is 0 Å². The van der Waals surface area contributed by atoms with Crippen LogP contribution in [0.3, 0.4) is 0 Å². The maximum Gasteiger partial charge on any atom is 0.159 e. The Hall–Kier alpha value is -1.94. The molecule has 2 aromatic rings. The fourth-order valence-corrected chi connectivity index (χ4v) is 2.04. The van der Waals surface area contributed by atoms with Gasteiger partial charge in [-0.25, -0.2) is 0 Å². The van der Waals surface area contributed by atoms with E-state index in [1.54, 1.807) is 4.68 Å². The van der Waals surface area contributed by atoms with E-state index in [2.05, 4.69) is 5.10 Å². The van der Waals surface area contributed by atoms with Crippen LogP contribution in [0.1, 0.15) is 29.9 Å². The lowest BCUT2D eigenvalue weighted by atomic mass is 10.0. The normalized spacial score (nSPS) is 12.4. The first-order chi connectivity index (χ1) is 9.11. The van der Waals surface area contributed by atoms with Crippen molar-refractivity contribution in [3.8, 4) is 0 Å². The molecule has 0 amide bonds. The van der Waals surface area contributed by atoms with Gasteiger partial charge in [-0.15, -0.1) is 0 Å². The molecular formula is C15H19N3O. The van der Waals surface area contributed by atoms with E-state index in [-0.39, 0.29) is 5.78 Å². The van der Waals surface area contributed by atoms with Crippen molar-refractivity contribution in [3.05, 3.63) is 53.3 Å². The van der Waals surface area contributed by atoms with Crippen molar-refractivity contribution in [1.29, 1.82) is 0 Å². The summed E-state index contributed by atoms with van der Waals surface area (Å²) in [5.74, 6) is 0.0110. The van der Waals surface area contributed by atoms with Crippen LogP contribution in [0.25, 0.3) is 0 Å². The number of nitrogens with zero attached hydrogens (tertiary/aromatic N) is 2. The van der Waals surface area contributed by atoms with Crippen LogP contribution in [-0.2, 0) is 24.7 Å². The topological polar surface area (TPSA) is 60.9 Å². The Labute approximate surface area is 113 Å². The average molecular weight is 257 g/mol. The molecule has 2 rings (SSSR count). The Morgan fingerprint density at radius 3 is 2.63 bits per heavy atom. The minimum Gasteiger partial charge on any atom is -0.318 e. The van der Waals surface area contributed by atoms with E-state index in [9.17, 15) is 4.79 Å². The number of ketones is 1. The van der Waals surface area contributed by atoms with E-state index in [1.165, 1.54) is 0 Å². The summed E-state index contributed by atoms with van der Waals surface area (Å²) < 4.78 is 1.76. The standard InChI is InChI=1S/C15H19N3O/c1-3-12-9-13(18(2)17-12)10-14(19)15(16)11-7-5-4-6-8-11/h4-9,15H,3,10,16H2,1-2H3. The molecule has 0 bridgehead atoms. The number of hydrogen-bond acceptors (Lipinski definition) is 3. The molecule has 0 aliphatic rings. The van der Waals surface area contributed by atoms with Gasteiger partial charge in [-0.05, 0) is 18.1 Å². The molecule has 0 saturated heterocycles. The number of rotatable bonds is 5. The SMILES string of the molecule is CCc1cc(CC(=O)C(N)c2ccccc2)n(C)n1. The van der Waals surface area contributed by atoms with Crippen molar-refractivity contribution in [3.63, 3.8) is 0 Å². The van der Waals surface area contributed by atoms with Gasteiger partial charge in [0.25, 0.3) is 0 Å². The van der Waals surface area contributed by atoms with E-state index < -0.39 is 6.04 Å². The Kier molecular flexibility index (Phi) is 4.12. The van der Waals surface area contributed by atoms with Crippen molar-refractivity contribution in [2.24, 2.45) is 12.8 Å². The third-order valence-corrected chi connectivity index (χ3v) is 3.25. The highest BCUT2D eigenvalue weighted by molar-refractivity contribution is 5.86. The Balaban J connectivity index is 2.10. The second-order valence-electron chi connectivity index (χ2n) is 4.64. The smallest absolute Gasteiger partial charge is 0.159 e. The predicted molar refractivity (Wildman–Crippen MR) is 74.7 cm³/mol. The number of carbonyl (C=O) groups excluding carboxylic acids is 1. The number of hydrogen-bond donors (Lipinski definition) is 1. The molecule has 0 radical (unpaired) electrons. The van der Waals surface area contributed by atoms with Gasteiger partial charge >= 0.3 is 0 Å². The number of benzene rings is 1. The van der Waals surface area contributed by atoms with E-state index in [1.807, 2.05) is 50.4 Å². The van der Waals surface area contributed by atoms with Crippen molar-refractivity contribution in [2.75, 3.05) is 0 Å². The molecule has 1 aromatic heterocycles. The number of carbonyl (C=O) groups is 1. The third-order valence-electron chi connectivity index (χ3n) is 3.25. The number of aryl methyl sites for hydroxylation is 2. The molecule has 0 spiro atoms. The molecule has 0 aliphatic heterocycles. The zero-order valence-corrected chi connectivity index (χ0v) is 11.3. The van der Waals surface area contributed by atoms with Crippen LogP contribution >= 0.6 is 0 Å². The van der Waals surface area contributed by atoms with Crippen LogP contribution in [0.2, 0.25) is 0 Å². The Morgan fingerprint density at radius 2 is 2.05 bits per heavy atom. The van der Waals surface area contributed by atoms with Crippen molar-refractivity contribution in [2.45, 2.75) is 25.8 Å². The zero-order valence-electron chi connectivity index (χ0n) is 11.3. The van der Waals surface area contributed by atoms with Gasteiger partial charge in [-0.2, -0.15) is 5.10 Å². The maximum atomic E-state index is 12.2. The van der Waals surface area contributed by atoms with E-state index in [0.29, 0.717) is 6.42 Å². The lowest BCUT2D eigenvalue weighted by molar-refractivity contribution is -0.119. The number of Topliss-reactive ketones (excluding diaryl/α,β-unsaturated/α-hetero) is 1. The highest BCUT2D eigenvalue weighted by atomic mass is 16.1. The van der Waals surface area contributed by atoms with Gasteiger partial charge in [0.05, 0.1) is 18.2 Å². The first-order valence-electron chi connectivity index (χ1n) is 6.47. The first-order valence-corrected chi connectivity index (χ1v) is 6.47. The molecule has 0 saturated carbocycles. The summed E-state index contributed by atoms with van der Waals surface area (Å²) in [7, 11) is 1.86. The summed E-state index contributed by atoms with van der Waals surface area (Å²) in [5, 5.41) is 4.34. The molecule has 0 fully saturated rings. The minimum absolute atomic E-state index is 0.0110. The van der Waals surface area contributed by atoms with Crippen molar-refractivity contribution in [1.82, 2.24) is 9.78 Å².